The van der Waals surface area contributed by atoms with Gasteiger partial charge in [-0.25, -0.2) is 0 Å². The molecule has 2 aromatic rings. The van der Waals surface area contributed by atoms with Crippen LogP contribution in [-0.2, 0) is 0 Å². The molecule has 0 saturated carbocycles. The summed E-state index contributed by atoms with van der Waals surface area (Å²) in [5.41, 5.74) is 2.48. The minimum Gasteiger partial charge on any atom is -0.360 e. The van der Waals surface area contributed by atoms with Crippen LogP contribution >= 0.6 is 0 Å². The number of aliphatic imine (C=N–C) groups is 1. The zero-order chi connectivity index (χ0) is 12.3. The van der Waals surface area contributed by atoms with Gasteiger partial charge in [0.2, 0.25) is 0 Å². The van der Waals surface area contributed by atoms with E-state index in [0.717, 1.165) is 16.9 Å². The van der Waals surface area contributed by atoms with Gasteiger partial charge in [-0.15, -0.1) is 0 Å². The SMILES string of the molecule is Cc1cc([N+](=O)[O-])ccc1N=Cc1ccc[nH]1. The van der Waals surface area contributed by atoms with Gasteiger partial charge in [-0.1, -0.05) is 0 Å². The van der Waals surface area contributed by atoms with Gasteiger partial charge >= 0.3 is 0 Å². The minimum atomic E-state index is -0.411. The number of aryl methyl sites for hydroxylation is 1. The molecule has 0 aliphatic rings. The standard InChI is InChI=1S/C12H11N3O2/c1-9-7-11(15(16)17)4-5-12(9)14-8-10-3-2-6-13-10/h2-8,13H,1H3. The van der Waals surface area contributed by atoms with Crippen LogP contribution in [0.15, 0.2) is 41.5 Å². The molecule has 0 spiro atoms. The van der Waals surface area contributed by atoms with E-state index < -0.39 is 4.92 Å². The highest BCUT2D eigenvalue weighted by atomic mass is 16.6. The normalized spacial score (nSPS) is 10.9. The predicted molar refractivity (Wildman–Crippen MR) is 65.9 cm³/mol. The van der Waals surface area contributed by atoms with Crippen molar-refractivity contribution in [1.82, 2.24) is 4.98 Å². The summed E-state index contributed by atoms with van der Waals surface area (Å²) in [4.78, 5) is 17.4. The Balaban J connectivity index is 2.25. The van der Waals surface area contributed by atoms with Crippen LogP contribution in [0.4, 0.5) is 11.4 Å². The van der Waals surface area contributed by atoms with Crippen LogP contribution in [0.2, 0.25) is 0 Å². The van der Waals surface area contributed by atoms with Crippen LogP contribution in [0.1, 0.15) is 11.3 Å². The molecule has 17 heavy (non-hydrogen) atoms. The van der Waals surface area contributed by atoms with Crippen molar-refractivity contribution in [1.29, 1.82) is 0 Å². The van der Waals surface area contributed by atoms with E-state index >= 15 is 0 Å². The molecule has 1 aromatic carbocycles. The molecule has 0 saturated heterocycles. The Morgan fingerprint density at radius 1 is 1.41 bits per heavy atom. The molecule has 0 aliphatic carbocycles. The lowest BCUT2D eigenvalue weighted by molar-refractivity contribution is -0.384. The average Bonchev–Trinajstić information content (AvgIpc) is 2.80. The highest BCUT2D eigenvalue weighted by molar-refractivity contribution is 5.80. The molecule has 0 amide bonds. The number of hydrogen-bond donors (Lipinski definition) is 1. The summed E-state index contributed by atoms with van der Waals surface area (Å²) in [7, 11) is 0. The number of aromatic amines is 1. The number of rotatable bonds is 3. The Kier molecular flexibility index (Phi) is 3.00. The number of nitro groups is 1. The van der Waals surface area contributed by atoms with E-state index in [1.165, 1.54) is 12.1 Å². The van der Waals surface area contributed by atoms with Crippen molar-refractivity contribution in [2.24, 2.45) is 4.99 Å². The fraction of sp³-hybridized carbons (Fsp3) is 0.0833. The Bertz CT molecular complexity index is 559. The summed E-state index contributed by atoms with van der Waals surface area (Å²) in [6.07, 6.45) is 3.50. The maximum Gasteiger partial charge on any atom is 0.269 e. The Morgan fingerprint density at radius 2 is 2.24 bits per heavy atom. The van der Waals surface area contributed by atoms with Gasteiger partial charge in [-0.3, -0.25) is 15.1 Å². The van der Waals surface area contributed by atoms with Crippen LogP contribution < -0.4 is 0 Å². The van der Waals surface area contributed by atoms with Gasteiger partial charge < -0.3 is 4.98 Å². The van der Waals surface area contributed by atoms with Crippen molar-refractivity contribution in [2.75, 3.05) is 0 Å². The first-order valence-corrected chi connectivity index (χ1v) is 5.09. The van der Waals surface area contributed by atoms with E-state index in [9.17, 15) is 10.1 Å². The maximum atomic E-state index is 10.6. The van der Waals surface area contributed by atoms with Crippen LogP contribution in [0.3, 0.4) is 0 Å². The highest BCUT2D eigenvalue weighted by Crippen LogP contribution is 2.23. The molecular weight excluding hydrogens is 218 g/mol. The molecule has 0 fully saturated rings. The second kappa shape index (κ2) is 4.61. The summed E-state index contributed by atoms with van der Waals surface area (Å²) in [5.74, 6) is 0. The molecule has 2 rings (SSSR count). The van der Waals surface area contributed by atoms with Gasteiger partial charge in [0, 0.05) is 18.3 Å². The number of aromatic nitrogens is 1. The number of non-ortho nitro benzene ring substituents is 1. The van der Waals surface area contributed by atoms with Gasteiger partial charge in [0.05, 0.1) is 22.5 Å². The summed E-state index contributed by atoms with van der Waals surface area (Å²) in [6, 6.07) is 8.39. The van der Waals surface area contributed by atoms with Crippen LogP contribution in [0.25, 0.3) is 0 Å². The van der Waals surface area contributed by atoms with E-state index in [4.69, 9.17) is 0 Å². The Labute approximate surface area is 98.0 Å². The topological polar surface area (TPSA) is 71.3 Å². The smallest absolute Gasteiger partial charge is 0.269 e. The predicted octanol–water partition coefficient (Wildman–Crippen LogP) is 2.98. The van der Waals surface area contributed by atoms with Crippen LogP contribution in [0.5, 0.6) is 0 Å². The minimum absolute atomic E-state index is 0.0846. The zero-order valence-electron chi connectivity index (χ0n) is 9.25. The number of benzene rings is 1. The first-order chi connectivity index (χ1) is 8.16. The molecule has 0 atom stereocenters. The lowest BCUT2D eigenvalue weighted by Gasteiger charge is -1.99. The third-order valence-electron chi connectivity index (χ3n) is 2.36. The second-order valence-corrected chi connectivity index (χ2v) is 3.61. The largest absolute Gasteiger partial charge is 0.360 e. The average molecular weight is 229 g/mol. The molecule has 0 unspecified atom stereocenters. The molecule has 86 valence electrons. The van der Waals surface area contributed by atoms with Gasteiger partial charge in [-0.05, 0) is 30.7 Å². The first-order valence-electron chi connectivity index (χ1n) is 5.09. The summed E-state index contributed by atoms with van der Waals surface area (Å²) < 4.78 is 0. The third kappa shape index (κ3) is 2.57. The number of nitro benzene ring substituents is 1. The number of hydrogen-bond acceptors (Lipinski definition) is 3. The Hall–Kier alpha value is -2.43. The fourth-order valence-electron chi connectivity index (χ4n) is 1.46. The fourth-order valence-corrected chi connectivity index (χ4v) is 1.46. The summed E-state index contributed by atoms with van der Waals surface area (Å²) in [6.45, 7) is 1.80. The number of nitrogens with zero attached hydrogens (tertiary/aromatic N) is 2. The van der Waals surface area contributed by atoms with Crippen molar-refractivity contribution in [3.05, 3.63) is 57.9 Å². The van der Waals surface area contributed by atoms with E-state index in [-0.39, 0.29) is 5.69 Å². The monoisotopic (exact) mass is 229 g/mol. The second-order valence-electron chi connectivity index (χ2n) is 3.61. The molecule has 1 aromatic heterocycles. The number of H-pyrrole nitrogens is 1. The zero-order valence-corrected chi connectivity index (χ0v) is 9.25. The molecule has 5 nitrogen and oxygen atoms in total. The molecule has 5 heteroatoms. The molecule has 0 radical (unpaired) electrons. The van der Waals surface area contributed by atoms with Crippen molar-refractivity contribution in [3.8, 4) is 0 Å². The Morgan fingerprint density at radius 3 is 2.82 bits per heavy atom. The first kappa shape index (κ1) is 11.1. The summed E-state index contributed by atoms with van der Waals surface area (Å²) in [5, 5.41) is 10.6. The molecular formula is C12H11N3O2. The lowest BCUT2D eigenvalue weighted by atomic mass is 10.2. The molecule has 1 heterocycles. The van der Waals surface area contributed by atoms with Crippen molar-refractivity contribution in [2.45, 2.75) is 6.92 Å². The van der Waals surface area contributed by atoms with Crippen molar-refractivity contribution < 1.29 is 4.92 Å². The lowest BCUT2D eigenvalue weighted by Crippen LogP contribution is -1.88. The van der Waals surface area contributed by atoms with E-state index in [1.807, 2.05) is 18.3 Å². The van der Waals surface area contributed by atoms with Crippen LogP contribution in [0, 0.1) is 17.0 Å². The molecule has 1 N–H and O–H groups in total. The van der Waals surface area contributed by atoms with Gasteiger partial charge in [0.15, 0.2) is 0 Å². The van der Waals surface area contributed by atoms with Gasteiger partial charge in [0.25, 0.3) is 5.69 Å². The van der Waals surface area contributed by atoms with Gasteiger partial charge in [-0.2, -0.15) is 0 Å². The van der Waals surface area contributed by atoms with Crippen LogP contribution in [-0.4, -0.2) is 16.1 Å². The van der Waals surface area contributed by atoms with E-state index in [1.54, 1.807) is 19.2 Å². The number of nitrogens with one attached hydrogen (secondary N) is 1. The van der Waals surface area contributed by atoms with Gasteiger partial charge in [0.1, 0.15) is 0 Å². The maximum absolute atomic E-state index is 10.6. The van der Waals surface area contributed by atoms with E-state index in [0.29, 0.717) is 0 Å². The third-order valence-corrected chi connectivity index (χ3v) is 2.36. The van der Waals surface area contributed by atoms with Crippen molar-refractivity contribution >= 4 is 17.6 Å². The molecule has 0 aliphatic heterocycles. The quantitative estimate of drug-likeness (QED) is 0.499. The van der Waals surface area contributed by atoms with Crippen molar-refractivity contribution in [3.63, 3.8) is 0 Å². The highest BCUT2D eigenvalue weighted by Gasteiger charge is 2.06. The molecule has 0 bridgehead atoms. The van der Waals surface area contributed by atoms with E-state index in [2.05, 4.69) is 9.98 Å². The summed E-state index contributed by atoms with van der Waals surface area (Å²) >= 11 is 0.